The molecule has 0 aliphatic rings. The van der Waals surface area contributed by atoms with Crippen LogP contribution in [0.5, 0.6) is 5.75 Å². The topological polar surface area (TPSA) is 70.1 Å². The first kappa shape index (κ1) is 13.9. The van der Waals surface area contributed by atoms with E-state index in [1.807, 2.05) is 24.3 Å². The molecular formula is C17H16N4O. The summed E-state index contributed by atoms with van der Waals surface area (Å²) >= 11 is 0. The van der Waals surface area contributed by atoms with Crippen molar-refractivity contribution >= 4 is 28.4 Å². The van der Waals surface area contributed by atoms with Crippen LogP contribution in [0.15, 0.2) is 61.2 Å². The Morgan fingerprint density at radius 2 is 1.82 bits per heavy atom. The molecule has 0 atom stereocenters. The fourth-order valence-corrected chi connectivity index (χ4v) is 2.11. The lowest BCUT2D eigenvalue weighted by molar-refractivity contribution is 0.475. The molecule has 110 valence electrons. The van der Waals surface area contributed by atoms with Crippen LogP contribution in [0.3, 0.4) is 0 Å². The number of hydrogen-bond acceptors (Lipinski definition) is 5. The Labute approximate surface area is 128 Å². The lowest BCUT2D eigenvalue weighted by Crippen LogP contribution is -2.05. The van der Waals surface area contributed by atoms with Crippen molar-refractivity contribution in [2.75, 3.05) is 17.2 Å². The van der Waals surface area contributed by atoms with Gasteiger partial charge in [-0.2, -0.15) is 4.98 Å². The van der Waals surface area contributed by atoms with Crippen molar-refractivity contribution in [3.05, 3.63) is 61.2 Å². The van der Waals surface area contributed by atoms with E-state index < -0.39 is 0 Å². The molecule has 5 nitrogen and oxygen atoms in total. The summed E-state index contributed by atoms with van der Waals surface area (Å²) in [5, 5.41) is 16.7. The fourth-order valence-electron chi connectivity index (χ4n) is 2.11. The number of aromatic hydroxyl groups is 1. The molecule has 2 aromatic carbocycles. The van der Waals surface area contributed by atoms with Crippen LogP contribution in [-0.2, 0) is 0 Å². The Bertz CT molecular complexity index is 799. The lowest BCUT2D eigenvalue weighted by atomic mass is 10.2. The second-order valence-corrected chi connectivity index (χ2v) is 4.75. The van der Waals surface area contributed by atoms with E-state index in [0.717, 1.165) is 22.4 Å². The molecule has 0 aliphatic heterocycles. The summed E-state index contributed by atoms with van der Waals surface area (Å²) in [7, 11) is 0. The van der Waals surface area contributed by atoms with E-state index in [0.29, 0.717) is 12.5 Å². The summed E-state index contributed by atoms with van der Waals surface area (Å²) in [4.78, 5) is 9.02. The molecule has 0 saturated carbocycles. The summed E-state index contributed by atoms with van der Waals surface area (Å²) in [6.07, 6.45) is 1.78. The van der Waals surface area contributed by atoms with Gasteiger partial charge in [0.25, 0.3) is 0 Å². The van der Waals surface area contributed by atoms with Crippen molar-refractivity contribution in [1.29, 1.82) is 0 Å². The highest BCUT2D eigenvalue weighted by atomic mass is 16.3. The molecule has 1 heterocycles. The number of rotatable bonds is 5. The van der Waals surface area contributed by atoms with Gasteiger partial charge in [-0.3, -0.25) is 0 Å². The number of nitrogens with zero attached hydrogens (tertiary/aromatic N) is 2. The fraction of sp³-hybridized carbons (Fsp3) is 0.0588. The largest absolute Gasteiger partial charge is 0.508 e. The number of aromatic nitrogens is 2. The molecule has 0 fully saturated rings. The molecule has 0 unspecified atom stereocenters. The summed E-state index contributed by atoms with van der Waals surface area (Å²) in [5.74, 6) is 1.47. The maximum absolute atomic E-state index is 9.33. The standard InChI is InChI=1S/C17H16N4O/c1-2-11-18-16-14-5-3-4-6-15(14)20-17(21-16)19-12-7-9-13(22)10-8-12/h2-10,22H,1,11H2,(H2,18,19,20,21). The van der Waals surface area contributed by atoms with Gasteiger partial charge in [0.15, 0.2) is 0 Å². The third-order valence-electron chi connectivity index (χ3n) is 3.14. The predicted octanol–water partition coefficient (Wildman–Crippen LogP) is 3.68. The predicted molar refractivity (Wildman–Crippen MR) is 89.6 cm³/mol. The molecule has 3 N–H and O–H groups in total. The van der Waals surface area contributed by atoms with Crippen LogP contribution in [0.25, 0.3) is 10.9 Å². The van der Waals surface area contributed by atoms with Gasteiger partial charge in [-0.1, -0.05) is 18.2 Å². The van der Waals surface area contributed by atoms with Crippen molar-refractivity contribution in [2.24, 2.45) is 0 Å². The summed E-state index contributed by atoms with van der Waals surface area (Å²) in [5.41, 5.74) is 1.66. The van der Waals surface area contributed by atoms with Crippen LogP contribution < -0.4 is 10.6 Å². The molecule has 5 heteroatoms. The molecule has 0 amide bonds. The van der Waals surface area contributed by atoms with Gasteiger partial charge in [0.05, 0.1) is 5.52 Å². The Morgan fingerprint density at radius 3 is 2.59 bits per heavy atom. The molecule has 0 radical (unpaired) electrons. The first-order valence-corrected chi connectivity index (χ1v) is 6.94. The van der Waals surface area contributed by atoms with E-state index in [1.54, 1.807) is 30.3 Å². The second-order valence-electron chi connectivity index (χ2n) is 4.75. The highest BCUT2D eigenvalue weighted by Crippen LogP contribution is 2.24. The highest BCUT2D eigenvalue weighted by Gasteiger charge is 2.07. The van der Waals surface area contributed by atoms with Crippen molar-refractivity contribution < 1.29 is 5.11 Å². The third-order valence-corrected chi connectivity index (χ3v) is 3.14. The van der Waals surface area contributed by atoms with Gasteiger partial charge in [0.2, 0.25) is 5.95 Å². The number of fused-ring (bicyclic) bond motifs is 1. The van der Waals surface area contributed by atoms with Crippen molar-refractivity contribution in [3.63, 3.8) is 0 Å². The van der Waals surface area contributed by atoms with Gasteiger partial charge in [-0.25, -0.2) is 4.98 Å². The van der Waals surface area contributed by atoms with Crippen molar-refractivity contribution in [1.82, 2.24) is 9.97 Å². The quantitative estimate of drug-likeness (QED) is 0.494. The van der Waals surface area contributed by atoms with E-state index in [9.17, 15) is 5.11 Å². The zero-order chi connectivity index (χ0) is 15.4. The van der Waals surface area contributed by atoms with Gasteiger partial charge >= 0.3 is 0 Å². The molecule has 0 bridgehead atoms. The molecule has 1 aromatic heterocycles. The molecule has 3 aromatic rings. The monoisotopic (exact) mass is 292 g/mol. The average molecular weight is 292 g/mol. The third kappa shape index (κ3) is 2.98. The molecular weight excluding hydrogens is 276 g/mol. The van der Waals surface area contributed by atoms with E-state index in [1.165, 1.54) is 0 Å². The van der Waals surface area contributed by atoms with Gasteiger partial charge in [0.1, 0.15) is 11.6 Å². The van der Waals surface area contributed by atoms with Gasteiger partial charge < -0.3 is 15.7 Å². The number of para-hydroxylation sites is 1. The molecule has 3 rings (SSSR count). The Balaban J connectivity index is 1.98. The summed E-state index contributed by atoms with van der Waals surface area (Å²) < 4.78 is 0. The number of phenols is 1. The molecule has 22 heavy (non-hydrogen) atoms. The molecule has 0 saturated heterocycles. The number of phenolic OH excluding ortho intramolecular Hbond substituents is 1. The maximum atomic E-state index is 9.33. The molecule has 0 aliphatic carbocycles. The van der Waals surface area contributed by atoms with Gasteiger partial charge in [-0.05, 0) is 36.4 Å². The van der Waals surface area contributed by atoms with E-state index in [4.69, 9.17) is 0 Å². The zero-order valence-electron chi connectivity index (χ0n) is 12.0. The van der Waals surface area contributed by atoms with Gasteiger partial charge in [-0.15, -0.1) is 6.58 Å². The summed E-state index contributed by atoms with van der Waals surface area (Å²) in [6.45, 7) is 4.33. The first-order chi connectivity index (χ1) is 10.8. The maximum Gasteiger partial charge on any atom is 0.229 e. The normalized spacial score (nSPS) is 10.4. The SMILES string of the molecule is C=CCNc1nc(Nc2ccc(O)cc2)nc2ccccc12. The first-order valence-electron chi connectivity index (χ1n) is 6.94. The highest BCUT2D eigenvalue weighted by molar-refractivity contribution is 5.90. The minimum absolute atomic E-state index is 0.221. The van der Waals surface area contributed by atoms with E-state index in [2.05, 4.69) is 27.2 Å². The second kappa shape index (κ2) is 6.13. The number of hydrogen-bond donors (Lipinski definition) is 3. The lowest BCUT2D eigenvalue weighted by Gasteiger charge is -2.11. The minimum Gasteiger partial charge on any atom is -0.508 e. The van der Waals surface area contributed by atoms with Crippen molar-refractivity contribution in [3.8, 4) is 5.75 Å². The minimum atomic E-state index is 0.221. The van der Waals surface area contributed by atoms with Crippen molar-refractivity contribution in [2.45, 2.75) is 0 Å². The van der Waals surface area contributed by atoms with Crippen LogP contribution in [0.2, 0.25) is 0 Å². The van der Waals surface area contributed by atoms with E-state index >= 15 is 0 Å². The van der Waals surface area contributed by atoms with Gasteiger partial charge in [0, 0.05) is 17.6 Å². The summed E-state index contributed by atoms with van der Waals surface area (Å²) in [6, 6.07) is 14.6. The smallest absolute Gasteiger partial charge is 0.229 e. The number of anilines is 3. The number of benzene rings is 2. The average Bonchev–Trinajstić information content (AvgIpc) is 2.55. The van der Waals surface area contributed by atoms with Crippen LogP contribution in [0.1, 0.15) is 0 Å². The Kier molecular flexibility index (Phi) is 3.87. The number of nitrogens with one attached hydrogen (secondary N) is 2. The Morgan fingerprint density at radius 1 is 1.05 bits per heavy atom. The Hall–Kier alpha value is -3.08. The van der Waals surface area contributed by atoms with Crippen LogP contribution in [0, 0.1) is 0 Å². The van der Waals surface area contributed by atoms with Crippen LogP contribution >= 0.6 is 0 Å². The molecule has 0 spiro atoms. The van der Waals surface area contributed by atoms with Crippen LogP contribution in [-0.4, -0.2) is 21.6 Å². The van der Waals surface area contributed by atoms with Crippen LogP contribution in [0.4, 0.5) is 17.5 Å². The van der Waals surface area contributed by atoms with E-state index in [-0.39, 0.29) is 5.75 Å². The zero-order valence-corrected chi connectivity index (χ0v) is 12.0.